The van der Waals surface area contributed by atoms with Crippen LogP contribution in [0.3, 0.4) is 0 Å². The van der Waals surface area contributed by atoms with Gasteiger partial charge in [-0.15, -0.1) is 0 Å². The lowest BCUT2D eigenvalue weighted by Crippen LogP contribution is -2.47. The van der Waals surface area contributed by atoms with Crippen molar-refractivity contribution in [1.82, 2.24) is 10.5 Å². The molecule has 0 spiro atoms. The van der Waals surface area contributed by atoms with Gasteiger partial charge in [0.25, 0.3) is 0 Å². The van der Waals surface area contributed by atoms with Crippen LogP contribution in [0.5, 0.6) is 0 Å². The van der Waals surface area contributed by atoms with E-state index in [1.165, 1.54) is 12.1 Å². The highest BCUT2D eigenvalue weighted by Crippen LogP contribution is 2.25. The van der Waals surface area contributed by atoms with E-state index in [9.17, 15) is 14.3 Å². The summed E-state index contributed by atoms with van der Waals surface area (Å²) in [6.07, 6.45) is 1.11. The van der Waals surface area contributed by atoms with Crippen LogP contribution in [-0.2, 0) is 16.0 Å². The number of hydrogen-bond donors (Lipinski definition) is 2. The van der Waals surface area contributed by atoms with Crippen LogP contribution < -0.4 is 5.32 Å². The van der Waals surface area contributed by atoms with Crippen molar-refractivity contribution in [2.75, 3.05) is 6.54 Å². The molecule has 2 N–H and O–H groups in total. The maximum absolute atomic E-state index is 13.1. The molecule has 1 fully saturated rings. The third-order valence-corrected chi connectivity index (χ3v) is 4.90. The lowest BCUT2D eigenvalue weighted by Gasteiger charge is -2.34. The van der Waals surface area contributed by atoms with Crippen LogP contribution in [0, 0.1) is 11.2 Å². The van der Waals surface area contributed by atoms with Gasteiger partial charge in [0.2, 0.25) is 5.91 Å². The third-order valence-electron chi connectivity index (χ3n) is 4.90. The molecule has 2 heterocycles. The Hall–Kier alpha value is -2.25. The van der Waals surface area contributed by atoms with Crippen molar-refractivity contribution in [3.05, 3.63) is 41.8 Å². The fourth-order valence-corrected chi connectivity index (χ4v) is 3.43. The van der Waals surface area contributed by atoms with Crippen LogP contribution in [0.25, 0.3) is 11.3 Å². The first-order valence-corrected chi connectivity index (χ1v) is 10.0. The number of hydrogen-bond acceptors (Lipinski definition) is 5. The summed E-state index contributed by atoms with van der Waals surface area (Å²) in [6, 6.07) is 7.86. The zero-order valence-electron chi connectivity index (χ0n) is 17.2. The molecule has 1 aliphatic rings. The number of amides is 1. The highest BCUT2D eigenvalue weighted by atomic mass is 19.1. The topological polar surface area (TPSA) is 84.6 Å². The summed E-state index contributed by atoms with van der Waals surface area (Å²) < 4.78 is 24.5. The number of carbonyl (C=O) groups excluding carboxylic acids is 1. The number of nitrogens with zero attached hydrogens (tertiary/aromatic N) is 1. The van der Waals surface area contributed by atoms with E-state index in [2.05, 4.69) is 10.5 Å². The predicted molar refractivity (Wildman–Crippen MR) is 107 cm³/mol. The lowest BCUT2D eigenvalue weighted by molar-refractivity contribution is -0.130. The standard InChI is InChI=1S/C22H29FN2O4/c1-22(2,3)12-21(27)24-13-20-18(26)9-8-17(28-20)10-16-11-19(29-25-16)14-4-6-15(23)7-5-14/h4-7,11,17-18,20,26H,8-10,12-13H2,1-3H3,(H,24,27)/t17-,18-,20+/m0/s1. The molecule has 1 amide bonds. The van der Waals surface area contributed by atoms with E-state index in [1.807, 2.05) is 26.8 Å². The number of rotatable bonds is 6. The summed E-state index contributed by atoms with van der Waals surface area (Å²) in [5.41, 5.74) is 1.40. The molecule has 158 valence electrons. The molecule has 0 aliphatic carbocycles. The van der Waals surface area contributed by atoms with E-state index in [4.69, 9.17) is 9.26 Å². The van der Waals surface area contributed by atoms with E-state index in [1.54, 1.807) is 12.1 Å². The van der Waals surface area contributed by atoms with E-state index in [0.717, 1.165) is 11.3 Å². The first kappa shape index (κ1) is 21.5. The molecule has 3 rings (SSSR count). The van der Waals surface area contributed by atoms with Crippen LogP contribution in [0.1, 0.15) is 45.7 Å². The van der Waals surface area contributed by atoms with Crippen molar-refractivity contribution in [2.45, 2.75) is 64.8 Å². The van der Waals surface area contributed by atoms with Crippen molar-refractivity contribution in [1.29, 1.82) is 0 Å². The van der Waals surface area contributed by atoms with Gasteiger partial charge in [-0.25, -0.2) is 4.39 Å². The number of nitrogens with one attached hydrogen (secondary N) is 1. The molecule has 3 atom stereocenters. The Labute approximate surface area is 170 Å². The summed E-state index contributed by atoms with van der Waals surface area (Å²) in [6.45, 7) is 6.30. The number of ether oxygens (including phenoxy) is 1. The van der Waals surface area contributed by atoms with Gasteiger partial charge in [0.15, 0.2) is 5.76 Å². The summed E-state index contributed by atoms with van der Waals surface area (Å²) in [5.74, 6) is 0.223. The maximum atomic E-state index is 13.1. The van der Waals surface area contributed by atoms with E-state index in [0.29, 0.717) is 31.4 Å². The summed E-state index contributed by atoms with van der Waals surface area (Å²) in [5, 5.41) is 17.2. The minimum absolute atomic E-state index is 0.0455. The van der Waals surface area contributed by atoms with Gasteiger partial charge in [0.05, 0.1) is 17.9 Å². The van der Waals surface area contributed by atoms with Crippen molar-refractivity contribution in [3.63, 3.8) is 0 Å². The highest BCUT2D eigenvalue weighted by Gasteiger charge is 2.31. The Morgan fingerprint density at radius 2 is 2.00 bits per heavy atom. The Morgan fingerprint density at radius 1 is 1.28 bits per heavy atom. The van der Waals surface area contributed by atoms with Crippen LogP contribution in [-0.4, -0.2) is 41.0 Å². The smallest absolute Gasteiger partial charge is 0.220 e. The fraction of sp³-hybridized carbons (Fsp3) is 0.545. The molecule has 1 aliphatic heterocycles. The molecule has 6 nitrogen and oxygen atoms in total. The lowest BCUT2D eigenvalue weighted by atomic mass is 9.92. The Bertz CT molecular complexity index is 813. The van der Waals surface area contributed by atoms with E-state index < -0.39 is 12.2 Å². The monoisotopic (exact) mass is 404 g/mol. The van der Waals surface area contributed by atoms with E-state index in [-0.39, 0.29) is 29.8 Å². The number of benzene rings is 1. The maximum Gasteiger partial charge on any atom is 0.220 e. The normalized spacial score (nSPS) is 22.4. The molecule has 0 radical (unpaired) electrons. The van der Waals surface area contributed by atoms with Crippen LogP contribution in [0.4, 0.5) is 4.39 Å². The van der Waals surface area contributed by atoms with Gasteiger partial charge >= 0.3 is 0 Å². The third kappa shape index (κ3) is 6.37. The molecular formula is C22H29FN2O4. The number of aliphatic hydroxyl groups excluding tert-OH is 1. The van der Waals surface area contributed by atoms with Gasteiger partial charge in [-0.05, 0) is 42.5 Å². The first-order valence-electron chi connectivity index (χ1n) is 10.0. The van der Waals surface area contributed by atoms with Gasteiger partial charge in [0.1, 0.15) is 11.9 Å². The second kappa shape index (κ2) is 9.05. The molecule has 1 aromatic heterocycles. The van der Waals surface area contributed by atoms with Crippen molar-refractivity contribution >= 4 is 5.91 Å². The minimum Gasteiger partial charge on any atom is -0.390 e. The Morgan fingerprint density at radius 3 is 2.69 bits per heavy atom. The zero-order valence-corrected chi connectivity index (χ0v) is 17.2. The number of aromatic nitrogens is 1. The van der Waals surface area contributed by atoms with Crippen LogP contribution >= 0.6 is 0 Å². The zero-order chi connectivity index (χ0) is 21.0. The predicted octanol–water partition coefficient (Wildman–Crippen LogP) is 3.48. The van der Waals surface area contributed by atoms with Crippen molar-refractivity contribution in [3.8, 4) is 11.3 Å². The summed E-state index contributed by atoms with van der Waals surface area (Å²) in [7, 11) is 0. The summed E-state index contributed by atoms with van der Waals surface area (Å²) >= 11 is 0. The second-order valence-corrected chi connectivity index (χ2v) is 8.88. The van der Waals surface area contributed by atoms with Gasteiger partial charge in [-0.1, -0.05) is 25.9 Å². The van der Waals surface area contributed by atoms with Crippen molar-refractivity contribution < 1.29 is 23.6 Å². The minimum atomic E-state index is -0.603. The quantitative estimate of drug-likeness (QED) is 0.770. The van der Waals surface area contributed by atoms with Crippen LogP contribution in [0.15, 0.2) is 34.9 Å². The van der Waals surface area contributed by atoms with Gasteiger partial charge in [-0.2, -0.15) is 0 Å². The van der Waals surface area contributed by atoms with Crippen molar-refractivity contribution in [2.24, 2.45) is 5.41 Å². The molecule has 1 aromatic carbocycles. The molecule has 1 saturated heterocycles. The largest absolute Gasteiger partial charge is 0.390 e. The molecule has 7 heteroatoms. The Balaban J connectivity index is 1.54. The molecular weight excluding hydrogens is 375 g/mol. The second-order valence-electron chi connectivity index (χ2n) is 8.88. The summed E-state index contributed by atoms with van der Waals surface area (Å²) in [4.78, 5) is 12.0. The SMILES string of the molecule is CC(C)(C)CC(=O)NC[C@H]1O[C@H](Cc2cc(-c3ccc(F)cc3)on2)CC[C@@H]1O. The average molecular weight is 404 g/mol. The number of halogens is 1. The first-order chi connectivity index (χ1) is 13.7. The van der Waals surface area contributed by atoms with Crippen LogP contribution in [0.2, 0.25) is 0 Å². The molecule has 0 bridgehead atoms. The number of carbonyl (C=O) groups is 1. The van der Waals surface area contributed by atoms with E-state index >= 15 is 0 Å². The van der Waals surface area contributed by atoms with Gasteiger partial charge in [0, 0.05) is 31.0 Å². The molecule has 2 aromatic rings. The molecule has 29 heavy (non-hydrogen) atoms. The fourth-order valence-electron chi connectivity index (χ4n) is 3.43. The molecule has 0 saturated carbocycles. The van der Waals surface area contributed by atoms with Gasteiger partial charge < -0.3 is 19.7 Å². The molecule has 0 unspecified atom stereocenters. The average Bonchev–Trinajstić information content (AvgIpc) is 3.10. The van der Waals surface area contributed by atoms with Gasteiger partial charge in [-0.3, -0.25) is 4.79 Å². The Kier molecular flexibility index (Phi) is 6.70. The number of aliphatic hydroxyl groups is 1. The highest BCUT2D eigenvalue weighted by molar-refractivity contribution is 5.76.